The van der Waals surface area contributed by atoms with E-state index in [9.17, 15) is 14.4 Å². The summed E-state index contributed by atoms with van der Waals surface area (Å²) >= 11 is 1.34. The smallest absolute Gasteiger partial charge is 0.328 e. The average Bonchev–Trinajstić information content (AvgIpc) is 3.22. The maximum absolute atomic E-state index is 12.5. The van der Waals surface area contributed by atoms with E-state index in [4.69, 9.17) is 0 Å². The van der Waals surface area contributed by atoms with E-state index in [0.717, 1.165) is 25.9 Å². The van der Waals surface area contributed by atoms with E-state index in [1.807, 2.05) is 4.90 Å². The molecule has 29 heavy (non-hydrogen) atoms. The molecule has 0 spiro atoms. The zero-order valence-corrected chi connectivity index (χ0v) is 17.7. The van der Waals surface area contributed by atoms with Gasteiger partial charge in [0.25, 0.3) is 5.56 Å². The summed E-state index contributed by atoms with van der Waals surface area (Å²) < 4.78 is 1.84. The Hall–Kier alpha value is -1.93. The number of likely N-dealkylation sites (tertiary alicyclic amines) is 2. The van der Waals surface area contributed by atoms with Gasteiger partial charge in [0.1, 0.15) is 4.70 Å². The fourth-order valence-corrected chi connectivity index (χ4v) is 5.44. The topological polar surface area (TPSA) is 78.4 Å². The van der Waals surface area contributed by atoms with E-state index in [-0.39, 0.29) is 17.2 Å². The molecule has 2 saturated heterocycles. The van der Waals surface area contributed by atoms with Crippen LogP contribution in [0.5, 0.6) is 0 Å². The molecule has 0 atom stereocenters. The predicted octanol–water partition coefficient (Wildman–Crippen LogP) is 2.40. The van der Waals surface area contributed by atoms with Crippen LogP contribution >= 0.6 is 11.3 Å². The van der Waals surface area contributed by atoms with Crippen LogP contribution in [-0.4, -0.2) is 57.5 Å². The number of thiophene rings is 1. The standard InChI is InChI=1S/C21H30N4O3S/c26-18(24-13-7-16(8-14-24)23-10-3-1-4-11-23)6-2-5-12-25-20(27)19-17(9-15-29-19)22-21(25)28/h9,15-16H,1-8,10-14H2,(H,22,28). The van der Waals surface area contributed by atoms with Gasteiger partial charge in [0.05, 0.1) is 5.52 Å². The van der Waals surface area contributed by atoms with E-state index < -0.39 is 0 Å². The lowest BCUT2D eigenvalue weighted by atomic mass is 9.99. The number of nitrogens with zero attached hydrogens (tertiary/aromatic N) is 3. The van der Waals surface area contributed by atoms with Gasteiger partial charge in [-0.3, -0.25) is 14.2 Å². The number of aromatic amines is 1. The molecule has 8 heteroatoms. The number of amides is 1. The molecule has 2 aliphatic heterocycles. The maximum Gasteiger partial charge on any atom is 0.328 e. The van der Waals surface area contributed by atoms with Crippen molar-refractivity contribution < 1.29 is 4.79 Å². The summed E-state index contributed by atoms with van der Waals surface area (Å²) in [5, 5.41) is 1.81. The number of carbonyl (C=O) groups is 1. The molecule has 158 valence electrons. The number of fused-ring (bicyclic) bond motifs is 1. The second-order valence-corrected chi connectivity index (χ2v) is 9.13. The second-order valence-electron chi connectivity index (χ2n) is 8.22. The summed E-state index contributed by atoms with van der Waals surface area (Å²) in [5.74, 6) is 0.206. The number of nitrogens with one attached hydrogen (secondary N) is 1. The Kier molecular flexibility index (Phi) is 6.50. The Balaban J connectivity index is 1.22. The predicted molar refractivity (Wildman–Crippen MR) is 116 cm³/mol. The van der Waals surface area contributed by atoms with Crippen molar-refractivity contribution in [2.75, 3.05) is 26.2 Å². The van der Waals surface area contributed by atoms with E-state index in [1.165, 1.54) is 48.3 Å². The molecule has 7 nitrogen and oxygen atoms in total. The van der Waals surface area contributed by atoms with Crippen LogP contribution in [0.15, 0.2) is 21.0 Å². The zero-order valence-electron chi connectivity index (χ0n) is 16.9. The van der Waals surface area contributed by atoms with E-state index in [0.29, 0.717) is 42.1 Å². The highest BCUT2D eigenvalue weighted by molar-refractivity contribution is 7.17. The Morgan fingerprint density at radius 1 is 1.07 bits per heavy atom. The zero-order chi connectivity index (χ0) is 20.2. The third kappa shape index (κ3) is 4.64. The molecule has 0 aromatic carbocycles. The first kappa shape index (κ1) is 20.3. The Bertz CT molecular complexity index is 949. The minimum absolute atomic E-state index is 0.206. The normalized spacial score (nSPS) is 19.1. The number of carbonyl (C=O) groups excluding carboxylic acids is 1. The van der Waals surface area contributed by atoms with Crippen LogP contribution in [0.25, 0.3) is 10.2 Å². The monoisotopic (exact) mass is 418 g/mol. The molecule has 0 radical (unpaired) electrons. The molecule has 1 amide bonds. The number of hydrogen-bond acceptors (Lipinski definition) is 5. The van der Waals surface area contributed by atoms with Crippen molar-refractivity contribution in [1.82, 2.24) is 19.4 Å². The van der Waals surface area contributed by atoms with Gasteiger partial charge >= 0.3 is 5.69 Å². The first-order valence-electron chi connectivity index (χ1n) is 10.9. The van der Waals surface area contributed by atoms with Gasteiger partial charge in [-0.15, -0.1) is 11.3 Å². The highest BCUT2D eigenvalue weighted by Crippen LogP contribution is 2.21. The van der Waals surface area contributed by atoms with Crippen molar-refractivity contribution in [1.29, 1.82) is 0 Å². The lowest BCUT2D eigenvalue weighted by molar-refractivity contribution is -0.133. The fraction of sp³-hybridized carbons (Fsp3) is 0.667. The first-order valence-corrected chi connectivity index (χ1v) is 11.7. The number of hydrogen-bond donors (Lipinski definition) is 1. The molecule has 2 aromatic rings. The van der Waals surface area contributed by atoms with Gasteiger partial charge in [0.2, 0.25) is 5.91 Å². The van der Waals surface area contributed by atoms with Gasteiger partial charge in [0.15, 0.2) is 0 Å². The molecular formula is C21H30N4O3S. The largest absolute Gasteiger partial charge is 0.343 e. The summed E-state index contributed by atoms with van der Waals surface area (Å²) in [6.45, 7) is 4.50. The number of piperidine rings is 2. The van der Waals surface area contributed by atoms with Crippen LogP contribution in [0.3, 0.4) is 0 Å². The lowest BCUT2D eigenvalue weighted by Gasteiger charge is -2.40. The molecule has 2 aliphatic rings. The van der Waals surface area contributed by atoms with Crippen molar-refractivity contribution in [2.24, 2.45) is 0 Å². The molecule has 4 heterocycles. The maximum atomic E-state index is 12.5. The number of H-pyrrole nitrogens is 1. The van der Waals surface area contributed by atoms with Crippen LogP contribution in [-0.2, 0) is 11.3 Å². The quantitative estimate of drug-likeness (QED) is 0.731. The van der Waals surface area contributed by atoms with Crippen molar-refractivity contribution in [3.8, 4) is 0 Å². The van der Waals surface area contributed by atoms with Crippen LogP contribution in [0, 0.1) is 0 Å². The molecule has 0 unspecified atom stereocenters. The Morgan fingerprint density at radius 2 is 1.83 bits per heavy atom. The highest BCUT2D eigenvalue weighted by Gasteiger charge is 2.27. The Labute approximate surface area is 174 Å². The van der Waals surface area contributed by atoms with Crippen LogP contribution in [0.4, 0.5) is 0 Å². The second kappa shape index (κ2) is 9.26. The third-order valence-electron chi connectivity index (χ3n) is 6.34. The molecule has 1 N–H and O–H groups in total. The van der Waals surface area contributed by atoms with Gasteiger partial charge in [-0.25, -0.2) is 4.79 Å². The highest BCUT2D eigenvalue weighted by atomic mass is 32.1. The molecule has 0 bridgehead atoms. The average molecular weight is 419 g/mol. The summed E-state index contributed by atoms with van der Waals surface area (Å²) in [4.78, 5) is 44.5. The molecule has 4 rings (SSSR count). The van der Waals surface area contributed by atoms with E-state index in [1.54, 1.807) is 11.4 Å². The fourth-order valence-electron chi connectivity index (χ4n) is 4.64. The summed E-state index contributed by atoms with van der Waals surface area (Å²) in [7, 11) is 0. The van der Waals surface area contributed by atoms with Gasteiger partial charge in [-0.2, -0.15) is 0 Å². The van der Waals surface area contributed by atoms with E-state index in [2.05, 4.69) is 9.88 Å². The van der Waals surface area contributed by atoms with Crippen molar-refractivity contribution in [3.05, 3.63) is 32.3 Å². The lowest BCUT2D eigenvalue weighted by Crippen LogP contribution is -2.48. The van der Waals surface area contributed by atoms with Gasteiger partial charge < -0.3 is 14.8 Å². The number of aromatic nitrogens is 2. The SMILES string of the molecule is O=C(CCCCn1c(=O)[nH]c2ccsc2c1=O)N1CCC(N2CCCCC2)CC1. The molecule has 2 fully saturated rings. The van der Waals surface area contributed by atoms with Crippen molar-refractivity contribution >= 4 is 27.5 Å². The molecule has 0 aliphatic carbocycles. The first-order chi connectivity index (χ1) is 14.1. The third-order valence-corrected chi connectivity index (χ3v) is 7.24. The van der Waals surface area contributed by atoms with Crippen LogP contribution < -0.4 is 11.2 Å². The van der Waals surface area contributed by atoms with Crippen molar-refractivity contribution in [2.45, 2.75) is 64.0 Å². The summed E-state index contributed by atoms with van der Waals surface area (Å²) in [6.07, 6.45) is 7.97. The minimum Gasteiger partial charge on any atom is -0.343 e. The molecule has 0 saturated carbocycles. The Morgan fingerprint density at radius 3 is 2.59 bits per heavy atom. The summed E-state index contributed by atoms with van der Waals surface area (Å²) in [5.41, 5.74) is 0.00116. The summed E-state index contributed by atoms with van der Waals surface area (Å²) in [6, 6.07) is 2.39. The van der Waals surface area contributed by atoms with Crippen molar-refractivity contribution in [3.63, 3.8) is 0 Å². The molecular weight excluding hydrogens is 388 g/mol. The van der Waals surface area contributed by atoms with Gasteiger partial charge in [0, 0.05) is 32.1 Å². The van der Waals surface area contributed by atoms with Crippen LogP contribution in [0.1, 0.15) is 51.4 Å². The number of unbranched alkanes of at least 4 members (excludes halogenated alkanes) is 1. The van der Waals surface area contributed by atoms with Crippen LogP contribution in [0.2, 0.25) is 0 Å². The minimum atomic E-state index is -0.369. The number of rotatable bonds is 6. The van der Waals surface area contributed by atoms with Gasteiger partial charge in [-0.05, 0) is 63.1 Å². The van der Waals surface area contributed by atoms with Gasteiger partial charge in [-0.1, -0.05) is 6.42 Å². The van der Waals surface area contributed by atoms with E-state index >= 15 is 0 Å². The molecule has 2 aromatic heterocycles.